The summed E-state index contributed by atoms with van der Waals surface area (Å²) in [7, 11) is 0. The fraction of sp³-hybridized carbons (Fsp3) is 0. The Balaban J connectivity index is 3.09. The number of amides is 1. The molecule has 13 heavy (non-hydrogen) atoms. The predicted molar refractivity (Wildman–Crippen MR) is 47.9 cm³/mol. The molecule has 1 rings (SSSR count). The Hall–Kier alpha value is -2.08. The number of benzene rings is 1. The number of primary amides is 1. The van der Waals surface area contributed by atoms with Gasteiger partial charge in [-0.1, -0.05) is 24.1 Å². The number of carbonyl (C=O) groups excluding carboxylic acids is 2. The molecule has 0 spiro atoms. The minimum absolute atomic E-state index is 0.455. The van der Waals surface area contributed by atoms with Crippen molar-refractivity contribution in [2.75, 3.05) is 0 Å². The largest absolute Gasteiger partial charge is 0.359 e. The van der Waals surface area contributed by atoms with Gasteiger partial charge in [0, 0.05) is 17.0 Å². The third kappa shape index (κ3) is 2.46. The minimum atomic E-state index is -0.708. The molecular weight excluding hydrogens is 166 g/mol. The molecule has 1 aromatic carbocycles. The molecule has 0 aliphatic carbocycles. The Morgan fingerprint density at radius 2 is 2.08 bits per heavy atom. The number of nitrogens with two attached hydrogens (primary N) is 1. The van der Waals surface area contributed by atoms with Crippen LogP contribution in [0.3, 0.4) is 0 Å². The van der Waals surface area contributed by atoms with Crippen LogP contribution in [0, 0.1) is 11.8 Å². The quantitative estimate of drug-likeness (QED) is 0.491. The molecular formula is C10H7NO2. The Labute approximate surface area is 75.6 Å². The summed E-state index contributed by atoms with van der Waals surface area (Å²) in [6, 6.07) is 6.73. The van der Waals surface area contributed by atoms with Crippen LogP contribution < -0.4 is 5.73 Å². The Kier molecular flexibility index (Phi) is 2.82. The normalized spacial score (nSPS) is 8.31. The molecule has 2 N–H and O–H groups in total. The second kappa shape index (κ2) is 4.07. The van der Waals surface area contributed by atoms with Gasteiger partial charge in [0.1, 0.15) is 0 Å². The monoisotopic (exact) mass is 173 g/mol. The zero-order valence-electron chi connectivity index (χ0n) is 6.78. The van der Waals surface area contributed by atoms with E-state index in [1.54, 1.807) is 24.3 Å². The van der Waals surface area contributed by atoms with E-state index in [0.717, 1.165) is 0 Å². The highest BCUT2D eigenvalue weighted by Gasteiger charge is 1.95. The standard InChI is InChI=1S/C10H7NO2/c11-10(13)6-5-8-3-1-2-4-9(8)7-12/h1-4,7H,(H2,11,13). The zero-order valence-corrected chi connectivity index (χ0v) is 6.78. The van der Waals surface area contributed by atoms with Crippen molar-refractivity contribution in [2.45, 2.75) is 0 Å². The molecule has 0 aliphatic rings. The molecule has 0 saturated heterocycles. The summed E-state index contributed by atoms with van der Waals surface area (Å²) in [4.78, 5) is 20.8. The van der Waals surface area contributed by atoms with E-state index >= 15 is 0 Å². The Bertz CT molecular complexity index is 399. The molecule has 0 saturated carbocycles. The lowest BCUT2D eigenvalue weighted by molar-refractivity contribution is -0.112. The number of aldehydes is 1. The summed E-state index contributed by atoms with van der Waals surface area (Å²) in [5.74, 6) is 3.97. The van der Waals surface area contributed by atoms with Crippen molar-refractivity contribution < 1.29 is 9.59 Å². The molecule has 0 fully saturated rings. The molecule has 0 radical (unpaired) electrons. The van der Waals surface area contributed by atoms with E-state index in [-0.39, 0.29) is 0 Å². The van der Waals surface area contributed by atoms with Crippen LogP contribution in [0.2, 0.25) is 0 Å². The number of rotatable bonds is 1. The van der Waals surface area contributed by atoms with Gasteiger partial charge >= 0.3 is 0 Å². The molecule has 0 aliphatic heterocycles. The van der Waals surface area contributed by atoms with Gasteiger partial charge in [-0.25, -0.2) is 0 Å². The van der Waals surface area contributed by atoms with Crippen molar-refractivity contribution >= 4 is 12.2 Å². The maximum absolute atomic E-state index is 10.5. The van der Waals surface area contributed by atoms with E-state index in [1.807, 2.05) is 0 Å². The highest BCUT2D eigenvalue weighted by molar-refractivity contribution is 5.93. The minimum Gasteiger partial charge on any atom is -0.359 e. The first-order chi connectivity index (χ1) is 6.24. The topological polar surface area (TPSA) is 60.2 Å². The van der Waals surface area contributed by atoms with Crippen LogP contribution >= 0.6 is 0 Å². The highest BCUT2D eigenvalue weighted by Crippen LogP contribution is 2.03. The lowest BCUT2D eigenvalue weighted by atomic mass is 10.1. The first-order valence-electron chi connectivity index (χ1n) is 3.59. The van der Waals surface area contributed by atoms with Gasteiger partial charge in [-0.3, -0.25) is 9.59 Å². The molecule has 0 bridgehead atoms. The molecule has 1 aromatic rings. The van der Waals surface area contributed by atoms with Crippen LogP contribution in [0.15, 0.2) is 24.3 Å². The fourth-order valence-corrected chi connectivity index (χ4v) is 0.843. The Morgan fingerprint density at radius 1 is 1.38 bits per heavy atom. The van der Waals surface area contributed by atoms with Crippen LogP contribution in [0.1, 0.15) is 15.9 Å². The van der Waals surface area contributed by atoms with E-state index in [9.17, 15) is 9.59 Å². The number of hydrogen-bond donors (Lipinski definition) is 1. The van der Waals surface area contributed by atoms with Gasteiger partial charge in [0.25, 0.3) is 5.91 Å². The van der Waals surface area contributed by atoms with E-state index < -0.39 is 5.91 Å². The van der Waals surface area contributed by atoms with Crippen LogP contribution in [-0.4, -0.2) is 12.2 Å². The van der Waals surface area contributed by atoms with Crippen LogP contribution in [0.25, 0.3) is 0 Å². The summed E-state index contributed by atoms with van der Waals surface area (Å²) < 4.78 is 0. The molecule has 64 valence electrons. The third-order valence-electron chi connectivity index (χ3n) is 1.41. The molecule has 1 amide bonds. The molecule has 3 heteroatoms. The second-order valence-electron chi connectivity index (χ2n) is 2.32. The van der Waals surface area contributed by atoms with E-state index in [2.05, 4.69) is 11.8 Å². The summed E-state index contributed by atoms with van der Waals surface area (Å²) in [6.07, 6.45) is 0.686. The average Bonchev–Trinajstić information content (AvgIpc) is 2.15. The van der Waals surface area contributed by atoms with Gasteiger partial charge in [-0.15, -0.1) is 0 Å². The van der Waals surface area contributed by atoms with Crippen LogP contribution in [0.4, 0.5) is 0 Å². The van der Waals surface area contributed by atoms with Crippen molar-refractivity contribution in [3.8, 4) is 11.8 Å². The number of carbonyl (C=O) groups is 2. The van der Waals surface area contributed by atoms with Gasteiger partial charge in [0.2, 0.25) is 0 Å². The zero-order chi connectivity index (χ0) is 9.68. The average molecular weight is 173 g/mol. The van der Waals surface area contributed by atoms with Gasteiger partial charge in [0.15, 0.2) is 6.29 Å². The Morgan fingerprint density at radius 3 is 2.69 bits per heavy atom. The van der Waals surface area contributed by atoms with Crippen molar-refractivity contribution in [3.05, 3.63) is 35.4 Å². The first kappa shape index (κ1) is 9.01. The van der Waals surface area contributed by atoms with Crippen molar-refractivity contribution in [2.24, 2.45) is 5.73 Å². The molecule has 0 aromatic heterocycles. The van der Waals surface area contributed by atoms with Crippen LogP contribution in [-0.2, 0) is 4.79 Å². The summed E-state index contributed by atoms with van der Waals surface area (Å²) in [6.45, 7) is 0. The van der Waals surface area contributed by atoms with Gasteiger partial charge in [0.05, 0.1) is 0 Å². The van der Waals surface area contributed by atoms with Crippen LogP contribution in [0.5, 0.6) is 0 Å². The van der Waals surface area contributed by atoms with E-state index in [4.69, 9.17) is 5.73 Å². The highest BCUT2D eigenvalue weighted by atomic mass is 16.1. The van der Waals surface area contributed by atoms with Crippen molar-refractivity contribution in [1.29, 1.82) is 0 Å². The lowest BCUT2D eigenvalue weighted by Crippen LogP contribution is -2.06. The smallest absolute Gasteiger partial charge is 0.293 e. The van der Waals surface area contributed by atoms with Crippen molar-refractivity contribution in [1.82, 2.24) is 0 Å². The van der Waals surface area contributed by atoms with Gasteiger partial charge < -0.3 is 5.73 Å². The fourth-order valence-electron chi connectivity index (χ4n) is 0.843. The van der Waals surface area contributed by atoms with E-state index in [1.165, 1.54) is 0 Å². The molecule has 0 heterocycles. The molecule has 0 unspecified atom stereocenters. The molecule has 3 nitrogen and oxygen atoms in total. The maximum atomic E-state index is 10.5. The van der Waals surface area contributed by atoms with Crippen molar-refractivity contribution in [3.63, 3.8) is 0 Å². The third-order valence-corrected chi connectivity index (χ3v) is 1.41. The second-order valence-corrected chi connectivity index (χ2v) is 2.32. The summed E-state index contributed by atoms with van der Waals surface area (Å²) in [5, 5.41) is 0. The summed E-state index contributed by atoms with van der Waals surface area (Å²) in [5.41, 5.74) is 5.80. The molecule has 0 atom stereocenters. The first-order valence-corrected chi connectivity index (χ1v) is 3.59. The predicted octanol–water partition coefficient (Wildman–Crippen LogP) is 0.336. The van der Waals surface area contributed by atoms with Gasteiger partial charge in [-0.2, -0.15) is 0 Å². The maximum Gasteiger partial charge on any atom is 0.293 e. The number of hydrogen-bond acceptors (Lipinski definition) is 2. The lowest BCUT2D eigenvalue weighted by Gasteiger charge is -1.92. The van der Waals surface area contributed by atoms with Gasteiger partial charge in [-0.05, 0) is 6.07 Å². The SMILES string of the molecule is NC(=O)C#Cc1ccccc1C=O. The summed E-state index contributed by atoms with van der Waals surface area (Å²) >= 11 is 0. The van der Waals surface area contributed by atoms with E-state index in [0.29, 0.717) is 17.4 Å².